The van der Waals surface area contributed by atoms with Gasteiger partial charge in [0.2, 0.25) is 0 Å². The fraction of sp³-hybridized carbons (Fsp3) is 0.667. The van der Waals surface area contributed by atoms with E-state index in [2.05, 4.69) is 15.0 Å². The lowest BCUT2D eigenvalue weighted by Gasteiger charge is -2.38. The van der Waals surface area contributed by atoms with Gasteiger partial charge in [0, 0.05) is 39.3 Å². The average molecular weight is 426 g/mol. The zero-order chi connectivity index (χ0) is 19.6. The van der Waals surface area contributed by atoms with Crippen LogP contribution in [0.2, 0.25) is 0 Å². The van der Waals surface area contributed by atoms with Gasteiger partial charge in [0.05, 0.1) is 11.4 Å². The van der Waals surface area contributed by atoms with Crippen LogP contribution in [0.4, 0.5) is 0 Å². The highest BCUT2D eigenvalue weighted by Gasteiger charge is 2.34. The molecule has 0 aromatic carbocycles. The van der Waals surface area contributed by atoms with Gasteiger partial charge in [-0.3, -0.25) is 4.90 Å². The second kappa shape index (κ2) is 8.58. The van der Waals surface area contributed by atoms with Crippen LogP contribution in [0.1, 0.15) is 37.9 Å². The number of aromatic nitrogens is 2. The topological polar surface area (TPSA) is 82.8 Å². The Bertz CT molecular complexity index is 854. The van der Waals surface area contributed by atoms with Crippen LogP contribution in [0.3, 0.4) is 0 Å². The molecule has 0 unspecified atom stereocenters. The Morgan fingerprint density at radius 1 is 1.21 bits per heavy atom. The molecule has 0 radical (unpaired) electrons. The molecule has 2 aromatic rings. The fourth-order valence-corrected chi connectivity index (χ4v) is 6.17. The third kappa shape index (κ3) is 4.30. The number of piperazine rings is 1. The number of hydrogen-bond acceptors (Lipinski definition) is 7. The van der Waals surface area contributed by atoms with E-state index in [1.165, 1.54) is 6.42 Å². The minimum atomic E-state index is -3.39. The summed E-state index contributed by atoms with van der Waals surface area (Å²) >= 11 is 1.56. The highest BCUT2D eigenvalue weighted by molar-refractivity contribution is 7.86. The summed E-state index contributed by atoms with van der Waals surface area (Å²) in [6.45, 7) is 2.90. The van der Waals surface area contributed by atoms with E-state index in [0.717, 1.165) is 30.6 Å². The second-order valence-corrected chi connectivity index (χ2v) is 10.4. The molecule has 8 nitrogen and oxygen atoms in total. The Labute approximate surface area is 170 Å². The molecule has 2 aromatic heterocycles. The van der Waals surface area contributed by atoms with Crippen LogP contribution in [0.25, 0.3) is 10.8 Å². The van der Waals surface area contributed by atoms with Gasteiger partial charge in [0.1, 0.15) is 0 Å². The third-order valence-electron chi connectivity index (χ3n) is 5.68. The molecule has 3 heterocycles. The Morgan fingerprint density at radius 3 is 2.64 bits per heavy atom. The Kier molecular flexibility index (Phi) is 6.12. The van der Waals surface area contributed by atoms with E-state index >= 15 is 0 Å². The van der Waals surface area contributed by atoms with Crippen molar-refractivity contribution in [2.45, 2.75) is 44.7 Å². The van der Waals surface area contributed by atoms with Crippen molar-refractivity contribution in [1.29, 1.82) is 0 Å². The zero-order valence-corrected chi connectivity index (χ0v) is 17.8. The third-order valence-corrected chi connectivity index (χ3v) is 8.58. The predicted octanol–water partition coefficient (Wildman–Crippen LogP) is 2.43. The summed E-state index contributed by atoms with van der Waals surface area (Å²) in [6.07, 6.45) is 5.40. The molecule has 154 valence electrons. The summed E-state index contributed by atoms with van der Waals surface area (Å²) in [5.41, 5.74) is 0. The summed E-state index contributed by atoms with van der Waals surface area (Å²) in [5.74, 6) is 1.18. The molecular formula is C18H27N5O3S2. The molecule has 0 atom stereocenters. The maximum Gasteiger partial charge on any atom is 0.282 e. The predicted molar refractivity (Wildman–Crippen MR) is 108 cm³/mol. The maximum absolute atomic E-state index is 13.0. The van der Waals surface area contributed by atoms with Gasteiger partial charge in [-0.2, -0.15) is 22.0 Å². The lowest BCUT2D eigenvalue weighted by Crippen LogP contribution is -2.54. The van der Waals surface area contributed by atoms with Gasteiger partial charge in [-0.05, 0) is 24.3 Å². The van der Waals surface area contributed by atoms with Gasteiger partial charge in [-0.1, -0.05) is 30.5 Å². The van der Waals surface area contributed by atoms with Gasteiger partial charge in [-0.25, -0.2) is 0 Å². The van der Waals surface area contributed by atoms with Crippen molar-refractivity contribution >= 4 is 21.5 Å². The molecule has 2 fully saturated rings. The van der Waals surface area contributed by atoms with E-state index in [1.54, 1.807) is 27.0 Å². The molecule has 1 aliphatic carbocycles. The minimum absolute atomic E-state index is 0.145. The van der Waals surface area contributed by atoms with Crippen molar-refractivity contribution in [2.24, 2.45) is 0 Å². The van der Waals surface area contributed by atoms with E-state index in [9.17, 15) is 8.42 Å². The zero-order valence-electron chi connectivity index (χ0n) is 16.2. The summed E-state index contributed by atoms with van der Waals surface area (Å²) in [6, 6.07) is 4.05. The molecule has 28 heavy (non-hydrogen) atoms. The van der Waals surface area contributed by atoms with Crippen molar-refractivity contribution < 1.29 is 12.9 Å². The monoisotopic (exact) mass is 425 g/mol. The van der Waals surface area contributed by atoms with Gasteiger partial charge in [0.25, 0.3) is 16.1 Å². The van der Waals surface area contributed by atoms with E-state index in [-0.39, 0.29) is 6.04 Å². The first kappa shape index (κ1) is 20.0. The molecular weight excluding hydrogens is 398 g/mol. The van der Waals surface area contributed by atoms with E-state index < -0.39 is 10.2 Å². The number of hydrogen-bond donors (Lipinski definition) is 0. The second-order valence-electron chi connectivity index (χ2n) is 7.48. The molecule has 0 amide bonds. The maximum atomic E-state index is 13.0. The van der Waals surface area contributed by atoms with E-state index in [4.69, 9.17) is 4.52 Å². The van der Waals surface area contributed by atoms with Gasteiger partial charge in [-0.15, -0.1) is 11.3 Å². The van der Waals surface area contributed by atoms with Gasteiger partial charge < -0.3 is 4.52 Å². The lowest BCUT2D eigenvalue weighted by molar-refractivity contribution is 0.166. The molecule has 0 N–H and O–H groups in total. The van der Waals surface area contributed by atoms with Crippen molar-refractivity contribution in [1.82, 2.24) is 23.7 Å². The number of rotatable bonds is 6. The lowest BCUT2D eigenvalue weighted by atomic mass is 9.96. The Morgan fingerprint density at radius 2 is 1.96 bits per heavy atom. The molecule has 10 heteroatoms. The summed E-state index contributed by atoms with van der Waals surface area (Å²) in [5, 5.41) is 6.04. The number of nitrogens with zero attached hydrogens (tertiary/aromatic N) is 5. The van der Waals surface area contributed by atoms with Crippen molar-refractivity contribution in [2.75, 3.05) is 33.2 Å². The minimum Gasteiger partial charge on any atom is -0.333 e. The number of thiophene rings is 1. The first-order chi connectivity index (χ1) is 13.5. The van der Waals surface area contributed by atoms with Gasteiger partial charge in [0.15, 0.2) is 5.82 Å². The Hall–Kier alpha value is -1.33. The van der Waals surface area contributed by atoms with Crippen LogP contribution in [-0.4, -0.2) is 71.3 Å². The summed E-state index contributed by atoms with van der Waals surface area (Å²) in [4.78, 5) is 7.59. The molecule has 0 spiro atoms. The molecule has 1 aliphatic heterocycles. The van der Waals surface area contributed by atoms with Gasteiger partial charge >= 0.3 is 0 Å². The SMILES string of the molecule is CN(C1CCCCC1)S(=O)(=O)N1CCN(Cc2noc(-c3cccs3)n2)CC1. The van der Waals surface area contributed by atoms with Crippen LogP contribution >= 0.6 is 11.3 Å². The molecule has 4 rings (SSSR count). The van der Waals surface area contributed by atoms with E-state index in [1.807, 2.05) is 17.5 Å². The fourth-order valence-electron chi connectivity index (χ4n) is 3.95. The Balaban J connectivity index is 1.31. The first-order valence-corrected chi connectivity index (χ1v) is 12.1. The summed E-state index contributed by atoms with van der Waals surface area (Å²) < 4.78 is 34.5. The highest BCUT2D eigenvalue weighted by atomic mass is 32.2. The van der Waals surface area contributed by atoms with Crippen LogP contribution in [0.5, 0.6) is 0 Å². The molecule has 1 saturated heterocycles. The normalized spacial score (nSPS) is 20.8. The first-order valence-electron chi connectivity index (χ1n) is 9.86. The summed E-state index contributed by atoms with van der Waals surface area (Å²) in [7, 11) is -1.65. The van der Waals surface area contributed by atoms with Crippen LogP contribution in [0.15, 0.2) is 22.0 Å². The van der Waals surface area contributed by atoms with Crippen LogP contribution in [-0.2, 0) is 16.8 Å². The van der Waals surface area contributed by atoms with Crippen LogP contribution in [0, 0.1) is 0 Å². The van der Waals surface area contributed by atoms with Crippen LogP contribution < -0.4 is 0 Å². The molecule has 2 aliphatic rings. The quantitative estimate of drug-likeness (QED) is 0.707. The average Bonchev–Trinajstić information content (AvgIpc) is 3.40. The molecule has 0 bridgehead atoms. The van der Waals surface area contributed by atoms with Crippen molar-refractivity contribution in [3.05, 3.63) is 23.3 Å². The molecule has 1 saturated carbocycles. The smallest absolute Gasteiger partial charge is 0.282 e. The largest absolute Gasteiger partial charge is 0.333 e. The highest BCUT2D eigenvalue weighted by Crippen LogP contribution is 2.26. The van der Waals surface area contributed by atoms with Crippen molar-refractivity contribution in [3.63, 3.8) is 0 Å². The standard InChI is InChI=1S/C18H27N5O3S2/c1-21(15-6-3-2-4-7-15)28(24,25)23-11-9-22(10-12-23)14-17-19-18(26-20-17)16-8-5-13-27-16/h5,8,13,15H,2-4,6-7,9-12,14H2,1H3. The van der Waals surface area contributed by atoms with E-state index in [0.29, 0.717) is 44.4 Å². The van der Waals surface area contributed by atoms with Crippen molar-refractivity contribution in [3.8, 4) is 10.8 Å².